The van der Waals surface area contributed by atoms with Crippen LogP contribution in [0.25, 0.3) is 0 Å². The van der Waals surface area contributed by atoms with Crippen molar-refractivity contribution in [3.8, 4) is 0 Å². The van der Waals surface area contributed by atoms with Gasteiger partial charge in [-0.2, -0.15) is 26.3 Å². The van der Waals surface area contributed by atoms with E-state index in [9.17, 15) is 26.3 Å². The summed E-state index contributed by atoms with van der Waals surface area (Å²) in [4.78, 5) is 0. The molecule has 0 N–H and O–H groups in total. The average molecular weight is 386 g/mol. The standard InChI is InChI=1S/2C8H10F3NO/c1-7(2,3)6-4-5(12-13-6)8(9,10)11;1-7(2,3)5-4-6(13-12-5)8(9,10)11/h2*4H,1-3H3. The van der Waals surface area contributed by atoms with Gasteiger partial charge in [0.2, 0.25) is 5.76 Å². The summed E-state index contributed by atoms with van der Waals surface area (Å²) < 4.78 is 81.1. The fraction of sp³-hybridized carbons (Fsp3) is 0.625. The van der Waals surface area contributed by atoms with Crippen molar-refractivity contribution in [2.24, 2.45) is 0 Å². The average Bonchev–Trinajstić information content (AvgIpc) is 3.06. The first-order valence-corrected chi connectivity index (χ1v) is 7.51. The molecule has 0 radical (unpaired) electrons. The topological polar surface area (TPSA) is 52.1 Å². The first-order chi connectivity index (χ1) is 11.4. The Labute approximate surface area is 146 Å². The molecule has 2 aromatic heterocycles. The van der Waals surface area contributed by atoms with Gasteiger partial charge < -0.3 is 9.05 Å². The van der Waals surface area contributed by atoms with Crippen molar-refractivity contribution in [3.63, 3.8) is 0 Å². The van der Waals surface area contributed by atoms with Gasteiger partial charge in [-0.1, -0.05) is 51.9 Å². The molecule has 148 valence electrons. The van der Waals surface area contributed by atoms with E-state index in [1.54, 1.807) is 41.5 Å². The highest BCUT2D eigenvalue weighted by Gasteiger charge is 2.37. The van der Waals surface area contributed by atoms with Crippen LogP contribution in [-0.4, -0.2) is 10.3 Å². The number of hydrogen-bond donors (Lipinski definition) is 0. The first-order valence-electron chi connectivity index (χ1n) is 7.51. The highest BCUT2D eigenvalue weighted by atomic mass is 19.4. The minimum absolute atomic E-state index is 0.236. The quantitative estimate of drug-likeness (QED) is 0.523. The van der Waals surface area contributed by atoms with Crippen LogP contribution < -0.4 is 0 Å². The van der Waals surface area contributed by atoms with Crippen LogP contribution >= 0.6 is 0 Å². The number of nitrogens with zero attached hydrogens (tertiary/aromatic N) is 2. The number of aromatic nitrogens is 2. The van der Waals surface area contributed by atoms with Gasteiger partial charge in [0.1, 0.15) is 5.76 Å². The minimum atomic E-state index is -4.45. The van der Waals surface area contributed by atoms with Gasteiger partial charge in [0.05, 0.1) is 5.69 Å². The number of hydrogen-bond acceptors (Lipinski definition) is 4. The van der Waals surface area contributed by atoms with Crippen LogP contribution in [0.3, 0.4) is 0 Å². The van der Waals surface area contributed by atoms with Crippen molar-refractivity contribution in [3.05, 3.63) is 35.0 Å². The Morgan fingerprint density at radius 2 is 1.04 bits per heavy atom. The maximum Gasteiger partial charge on any atom is 0.452 e. The van der Waals surface area contributed by atoms with E-state index >= 15 is 0 Å². The van der Waals surface area contributed by atoms with Crippen LogP contribution in [0, 0.1) is 0 Å². The van der Waals surface area contributed by atoms with E-state index in [0.717, 1.165) is 12.1 Å². The van der Waals surface area contributed by atoms with Gasteiger partial charge in [0, 0.05) is 23.0 Å². The molecule has 0 aliphatic rings. The molecule has 2 rings (SSSR count). The van der Waals surface area contributed by atoms with Crippen LogP contribution in [0.4, 0.5) is 26.3 Å². The van der Waals surface area contributed by atoms with E-state index in [4.69, 9.17) is 0 Å². The summed E-state index contributed by atoms with van der Waals surface area (Å²) >= 11 is 0. The lowest BCUT2D eigenvalue weighted by atomic mass is 9.92. The van der Waals surface area contributed by atoms with Gasteiger partial charge in [-0.25, -0.2) is 0 Å². The van der Waals surface area contributed by atoms with E-state index in [1.807, 2.05) is 0 Å². The van der Waals surface area contributed by atoms with Crippen LogP contribution in [0.5, 0.6) is 0 Å². The zero-order valence-corrected chi connectivity index (χ0v) is 15.1. The third-order valence-electron chi connectivity index (χ3n) is 3.10. The second kappa shape index (κ2) is 6.96. The highest BCUT2D eigenvalue weighted by molar-refractivity contribution is 5.16. The molecule has 0 aliphatic heterocycles. The summed E-state index contributed by atoms with van der Waals surface area (Å²) in [5.74, 6) is -0.808. The maximum atomic E-state index is 12.1. The van der Waals surface area contributed by atoms with Crippen LogP contribution in [-0.2, 0) is 23.2 Å². The van der Waals surface area contributed by atoms with Gasteiger partial charge in [-0.15, -0.1) is 0 Å². The Hall–Kier alpha value is -2.00. The van der Waals surface area contributed by atoms with Crippen molar-refractivity contribution in [2.75, 3.05) is 0 Å². The molecule has 0 saturated carbocycles. The molecule has 10 heteroatoms. The van der Waals surface area contributed by atoms with Crippen LogP contribution in [0.15, 0.2) is 21.2 Å². The third-order valence-corrected chi connectivity index (χ3v) is 3.10. The summed E-state index contributed by atoms with van der Waals surface area (Å²) in [5.41, 5.74) is -1.54. The number of rotatable bonds is 0. The molecule has 0 aliphatic carbocycles. The molecule has 0 fully saturated rings. The molecular weight excluding hydrogens is 366 g/mol. The van der Waals surface area contributed by atoms with Crippen LogP contribution in [0.1, 0.15) is 64.5 Å². The molecule has 4 nitrogen and oxygen atoms in total. The molecule has 2 aromatic rings. The summed E-state index contributed by atoms with van der Waals surface area (Å²) in [5, 5.41) is 6.31. The summed E-state index contributed by atoms with van der Waals surface area (Å²) in [7, 11) is 0. The van der Waals surface area contributed by atoms with E-state index in [1.165, 1.54) is 0 Å². The zero-order valence-electron chi connectivity index (χ0n) is 15.1. The van der Waals surface area contributed by atoms with Crippen molar-refractivity contribution in [1.82, 2.24) is 10.3 Å². The summed E-state index contributed by atoms with van der Waals surface area (Å²) in [6.45, 7) is 10.6. The predicted octanol–water partition coefficient (Wildman–Crippen LogP) is 5.98. The molecule has 0 atom stereocenters. The SMILES string of the molecule is CC(C)(C)c1cc(C(F)(F)F)no1.CC(C)(C)c1cc(C(F)(F)F)on1. The van der Waals surface area contributed by atoms with E-state index in [2.05, 4.69) is 19.4 Å². The van der Waals surface area contributed by atoms with Gasteiger partial charge in [0.25, 0.3) is 0 Å². The number of halogens is 6. The zero-order chi connectivity index (χ0) is 20.6. The molecule has 0 spiro atoms. The lowest BCUT2D eigenvalue weighted by Gasteiger charge is -2.12. The van der Waals surface area contributed by atoms with Crippen molar-refractivity contribution in [1.29, 1.82) is 0 Å². The summed E-state index contributed by atoms with van der Waals surface area (Å²) in [6, 6.07) is 1.86. The smallest absolute Gasteiger partial charge is 0.360 e. The fourth-order valence-electron chi connectivity index (χ4n) is 1.52. The second-order valence-electron chi connectivity index (χ2n) is 7.65. The molecular formula is C16H20F6N2O2. The largest absolute Gasteiger partial charge is 0.452 e. The predicted molar refractivity (Wildman–Crippen MR) is 80.4 cm³/mol. The van der Waals surface area contributed by atoms with Gasteiger partial charge >= 0.3 is 12.4 Å². The van der Waals surface area contributed by atoms with Crippen molar-refractivity contribution in [2.45, 2.75) is 64.7 Å². The maximum absolute atomic E-state index is 12.1. The van der Waals surface area contributed by atoms with Gasteiger partial charge in [-0.05, 0) is 0 Å². The molecule has 0 unspecified atom stereocenters. The van der Waals surface area contributed by atoms with E-state index in [0.29, 0.717) is 5.69 Å². The molecule has 2 heterocycles. The third kappa shape index (κ3) is 6.06. The first kappa shape index (κ1) is 22.0. The normalized spacial score (nSPS) is 13.4. The monoisotopic (exact) mass is 386 g/mol. The molecule has 0 saturated heterocycles. The van der Waals surface area contributed by atoms with Gasteiger partial charge in [0.15, 0.2) is 5.69 Å². The molecule has 26 heavy (non-hydrogen) atoms. The van der Waals surface area contributed by atoms with E-state index in [-0.39, 0.29) is 5.76 Å². The van der Waals surface area contributed by atoms with Crippen LogP contribution in [0.2, 0.25) is 0 Å². The Balaban J connectivity index is 0.000000260. The second-order valence-corrected chi connectivity index (χ2v) is 7.65. The molecule has 0 aromatic carbocycles. The lowest BCUT2D eigenvalue weighted by Crippen LogP contribution is -2.11. The minimum Gasteiger partial charge on any atom is -0.360 e. The van der Waals surface area contributed by atoms with Crippen molar-refractivity contribution >= 4 is 0 Å². The molecule has 0 amide bonds. The fourth-order valence-corrected chi connectivity index (χ4v) is 1.52. The Morgan fingerprint density at radius 1 is 0.615 bits per heavy atom. The number of alkyl halides is 6. The van der Waals surface area contributed by atoms with Gasteiger partial charge in [-0.3, -0.25) is 0 Å². The van der Waals surface area contributed by atoms with Crippen molar-refractivity contribution < 1.29 is 35.4 Å². The Morgan fingerprint density at radius 3 is 1.27 bits per heavy atom. The Kier molecular flexibility index (Phi) is 5.90. The van der Waals surface area contributed by atoms with E-state index < -0.39 is 34.6 Å². The summed E-state index contributed by atoms with van der Waals surface area (Å²) in [6.07, 6.45) is -8.87. The highest BCUT2D eigenvalue weighted by Crippen LogP contribution is 2.33. The lowest BCUT2D eigenvalue weighted by molar-refractivity contribution is -0.155. The Bertz CT molecular complexity index is 595. The molecule has 0 bridgehead atoms.